The molecule has 2 fully saturated rings. The standard InChI is InChI=1S/C41H50ClN7O6/c1-23(2)34(46-40(52)54-5)38(50)48-19-7-9-32(48)30-21-29(42)36(44-30)28-17-13-26(14-18-28)25-11-15-27(16-12-25)31-22-43-37(45-31)33-10-8-20-49(33)39(51)35(24(3)4)47-41(53)55-6/h11-18,21-24,32-35,44H,7-10,19-20H2,1-6H3,(H,43,45)(H,46,52)(H,47,53)/t32?,33-,34-,35-/m0/s1. The highest BCUT2D eigenvalue weighted by atomic mass is 35.5. The van der Waals surface area contributed by atoms with Crippen LogP contribution in [0.5, 0.6) is 0 Å². The van der Waals surface area contributed by atoms with Crippen LogP contribution in [-0.2, 0) is 19.1 Å². The molecule has 13 nitrogen and oxygen atoms in total. The van der Waals surface area contributed by atoms with Crippen molar-refractivity contribution in [3.8, 4) is 33.6 Å². The van der Waals surface area contributed by atoms with Gasteiger partial charge in [-0.1, -0.05) is 87.8 Å². The van der Waals surface area contributed by atoms with E-state index in [0.717, 1.165) is 70.8 Å². The number of likely N-dealkylation sites (tertiary alicyclic amines) is 2. The van der Waals surface area contributed by atoms with E-state index in [1.165, 1.54) is 14.2 Å². The van der Waals surface area contributed by atoms with Crippen LogP contribution in [0.15, 0.2) is 60.8 Å². The highest BCUT2D eigenvalue weighted by molar-refractivity contribution is 6.33. The topological polar surface area (TPSA) is 162 Å². The Balaban J connectivity index is 1.13. The Kier molecular flexibility index (Phi) is 12.2. The molecule has 4 amide bonds. The minimum atomic E-state index is -0.696. The van der Waals surface area contributed by atoms with Crippen molar-refractivity contribution in [3.63, 3.8) is 0 Å². The number of aromatic nitrogens is 3. The average Bonchev–Trinajstić information content (AvgIpc) is 4.02. The van der Waals surface area contributed by atoms with Gasteiger partial charge >= 0.3 is 12.2 Å². The van der Waals surface area contributed by atoms with E-state index in [-0.39, 0.29) is 35.7 Å². The normalized spacial score (nSPS) is 18.1. The van der Waals surface area contributed by atoms with Gasteiger partial charge in [-0.05, 0) is 65.8 Å². The molecule has 2 aromatic heterocycles. The van der Waals surface area contributed by atoms with Gasteiger partial charge in [0, 0.05) is 18.8 Å². The number of aromatic amines is 2. The summed E-state index contributed by atoms with van der Waals surface area (Å²) in [5, 5.41) is 5.96. The quantitative estimate of drug-likeness (QED) is 0.123. The maximum Gasteiger partial charge on any atom is 0.407 e. The average molecular weight is 772 g/mol. The smallest absolute Gasteiger partial charge is 0.407 e. The summed E-state index contributed by atoms with van der Waals surface area (Å²) < 4.78 is 9.51. The summed E-state index contributed by atoms with van der Waals surface area (Å²) in [6.45, 7) is 8.77. The van der Waals surface area contributed by atoms with Gasteiger partial charge < -0.3 is 39.9 Å². The lowest BCUT2D eigenvalue weighted by atomic mass is 10.0. The maximum atomic E-state index is 13.6. The fourth-order valence-electron chi connectivity index (χ4n) is 7.59. The highest BCUT2D eigenvalue weighted by Gasteiger charge is 2.39. The van der Waals surface area contributed by atoms with Gasteiger partial charge in [-0.3, -0.25) is 9.59 Å². The first-order valence-electron chi connectivity index (χ1n) is 18.8. The molecule has 2 aliphatic rings. The van der Waals surface area contributed by atoms with E-state index < -0.39 is 24.3 Å². The van der Waals surface area contributed by atoms with Crippen LogP contribution >= 0.6 is 11.6 Å². The molecule has 4 N–H and O–H groups in total. The van der Waals surface area contributed by atoms with Gasteiger partial charge in [0.25, 0.3) is 0 Å². The van der Waals surface area contributed by atoms with Crippen LogP contribution < -0.4 is 10.6 Å². The lowest BCUT2D eigenvalue weighted by Crippen LogP contribution is -2.51. The first-order valence-corrected chi connectivity index (χ1v) is 19.2. The number of rotatable bonds is 11. The molecule has 14 heteroatoms. The molecule has 2 saturated heterocycles. The molecule has 2 aromatic carbocycles. The van der Waals surface area contributed by atoms with E-state index in [4.69, 9.17) is 21.1 Å². The number of nitrogens with zero attached hydrogens (tertiary/aromatic N) is 3. The first kappa shape index (κ1) is 39.4. The second-order valence-corrected chi connectivity index (χ2v) is 15.3. The molecule has 2 aliphatic heterocycles. The number of imidazole rings is 1. The molecule has 6 rings (SSSR count). The number of alkyl carbamates (subject to hydrolysis) is 2. The van der Waals surface area contributed by atoms with Crippen LogP contribution in [0.2, 0.25) is 5.02 Å². The number of ether oxygens (including phenoxy) is 2. The zero-order valence-electron chi connectivity index (χ0n) is 32.1. The fourth-order valence-corrected chi connectivity index (χ4v) is 7.86. The first-order chi connectivity index (χ1) is 26.4. The van der Waals surface area contributed by atoms with Crippen LogP contribution in [0.1, 0.15) is 77.0 Å². The number of hydrogen-bond acceptors (Lipinski definition) is 7. The minimum absolute atomic E-state index is 0.108. The Labute approximate surface area is 326 Å². The van der Waals surface area contributed by atoms with Crippen molar-refractivity contribution in [2.24, 2.45) is 11.8 Å². The second-order valence-electron chi connectivity index (χ2n) is 14.9. The van der Waals surface area contributed by atoms with E-state index in [0.29, 0.717) is 18.1 Å². The Bertz CT molecular complexity index is 1990. The fraction of sp³-hybridized carbons (Fsp3) is 0.439. The summed E-state index contributed by atoms with van der Waals surface area (Å²) in [7, 11) is 2.57. The molecule has 4 heterocycles. The summed E-state index contributed by atoms with van der Waals surface area (Å²) in [5.41, 5.74) is 6.45. The van der Waals surface area contributed by atoms with E-state index in [9.17, 15) is 19.2 Å². The SMILES string of the molecule is COC(=O)N[C@H](C(=O)N1CCCC1c1cc(Cl)c(-c2ccc(-c3ccc(-c4cnc([C@@H]5CCCN5C(=O)[C@@H](NC(=O)OC)C(C)C)[nH]4)cc3)cc2)[nH]1)C(C)C. The molecule has 4 atom stereocenters. The zero-order valence-corrected chi connectivity index (χ0v) is 32.9. The number of hydrogen-bond donors (Lipinski definition) is 4. The van der Waals surface area contributed by atoms with Crippen molar-refractivity contribution >= 4 is 35.6 Å². The number of benzene rings is 2. The molecule has 4 aromatic rings. The predicted octanol–water partition coefficient (Wildman–Crippen LogP) is 7.48. The molecule has 0 saturated carbocycles. The van der Waals surface area contributed by atoms with Crippen molar-refractivity contribution in [2.75, 3.05) is 27.3 Å². The van der Waals surface area contributed by atoms with Gasteiger partial charge in [0.1, 0.15) is 17.9 Å². The molecule has 1 unspecified atom stereocenters. The number of H-pyrrole nitrogens is 2. The molecule has 55 heavy (non-hydrogen) atoms. The van der Waals surface area contributed by atoms with Gasteiger partial charge in [0.2, 0.25) is 11.8 Å². The third-order valence-corrected chi connectivity index (χ3v) is 10.9. The van der Waals surface area contributed by atoms with Gasteiger partial charge in [-0.25, -0.2) is 14.6 Å². The lowest BCUT2D eigenvalue weighted by Gasteiger charge is -2.30. The zero-order chi connectivity index (χ0) is 39.4. The Morgan fingerprint density at radius 2 is 1.20 bits per heavy atom. The van der Waals surface area contributed by atoms with E-state index >= 15 is 0 Å². The maximum absolute atomic E-state index is 13.6. The Morgan fingerprint density at radius 1 is 0.727 bits per heavy atom. The number of halogens is 1. The van der Waals surface area contributed by atoms with Crippen molar-refractivity contribution in [1.82, 2.24) is 35.4 Å². The molecule has 292 valence electrons. The third kappa shape index (κ3) is 8.51. The number of carbonyl (C=O) groups is 4. The third-order valence-electron chi connectivity index (χ3n) is 10.6. The van der Waals surface area contributed by atoms with Gasteiger partial charge in [-0.15, -0.1) is 0 Å². The Morgan fingerprint density at radius 3 is 1.71 bits per heavy atom. The van der Waals surface area contributed by atoms with Gasteiger partial charge in [0.05, 0.1) is 48.9 Å². The van der Waals surface area contributed by atoms with Crippen LogP contribution in [0.3, 0.4) is 0 Å². The lowest BCUT2D eigenvalue weighted by molar-refractivity contribution is -0.136. The number of nitrogens with one attached hydrogen (secondary N) is 4. The number of carbonyl (C=O) groups excluding carboxylic acids is 4. The van der Waals surface area contributed by atoms with Crippen LogP contribution in [0.25, 0.3) is 33.6 Å². The molecule has 0 radical (unpaired) electrons. The minimum Gasteiger partial charge on any atom is -0.453 e. The Hall–Kier alpha value is -5.30. The molecule has 0 aliphatic carbocycles. The van der Waals surface area contributed by atoms with Crippen LogP contribution in [-0.4, -0.2) is 88.1 Å². The summed E-state index contributed by atoms with van der Waals surface area (Å²) in [4.78, 5) is 66.3. The summed E-state index contributed by atoms with van der Waals surface area (Å²) in [6.07, 6.45) is 3.79. The van der Waals surface area contributed by atoms with Gasteiger partial charge in [-0.2, -0.15) is 0 Å². The van der Waals surface area contributed by atoms with E-state index in [1.807, 2.05) is 62.9 Å². The van der Waals surface area contributed by atoms with Crippen molar-refractivity contribution < 1.29 is 28.7 Å². The van der Waals surface area contributed by atoms with Crippen LogP contribution in [0, 0.1) is 11.8 Å². The van der Waals surface area contributed by atoms with E-state index in [1.54, 1.807) is 11.1 Å². The van der Waals surface area contributed by atoms with Crippen LogP contribution in [0.4, 0.5) is 9.59 Å². The van der Waals surface area contributed by atoms with Crippen molar-refractivity contribution in [3.05, 3.63) is 77.3 Å². The largest absolute Gasteiger partial charge is 0.453 e. The molecule has 0 spiro atoms. The number of methoxy groups -OCH3 is 2. The number of amides is 4. The molecule has 0 bridgehead atoms. The summed E-state index contributed by atoms with van der Waals surface area (Å²) >= 11 is 6.78. The van der Waals surface area contributed by atoms with Crippen molar-refractivity contribution in [2.45, 2.75) is 77.5 Å². The summed E-state index contributed by atoms with van der Waals surface area (Å²) in [5.74, 6) is 0.210. The molecular weight excluding hydrogens is 722 g/mol. The second kappa shape index (κ2) is 17.0. The van der Waals surface area contributed by atoms with E-state index in [2.05, 4.69) is 49.9 Å². The highest BCUT2D eigenvalue weighted by Crippen LogP contribution is 2.38. The monoisotopic (exact) mass is 771 g/mol. The summed E-state index contributed by atoms with van der Waals surface area (Å²) in [6, 6.07) is 16.5. The molecular formula is C41H50ClN7O6. The predicted molar refractivity (Wildman–Crippen MR) is 210 cm³/mol. The van der Waals surface area contributed by atoms with Crippen molar-refractivity contribution in [1.29, 1.82) is 0 Å². The van der Waals surface area contributed by atoms with Gasteiger partial charge in [0.15, 0.2) is 0 Å².